The van der Waals surface area contributed by atoms with Gasteiger partial charge in [0.05, 0.1) is 18.6 Å². The summed E-state index contributed by atoms with van der Waals surface area (Å²) in [5.74, 6) is 0.864. The van der Waals surface area contributed by atoms with Crippen molar-refractivity contribution in [3.8, 4) is 11.5 Å². The van der Waals surface area contributed by atoms with E-state index >= 15 is 0 Å². The first-order valence-electron chi connectivity index (χ1n) is 10.0. The van der Waals surface area contributed by atoms with Crippen LogP contribution in [0.25, 0.3) is 0 Å². The molecule has 0 N–H and O–H groups in total. The molecule has 1 amide bonds. The van der Waals surface area contributed by atoms with Crippen LogP contribution >= 0.6 is 0 Å². The maximum absolute atomic E-state index is 13.3. The number of aryl methyl sites for hydroxylation is 2. The minimum atomic E-state index is -4.15. The van der Waals surface area contributed by atoms with Gasteiger partial charge in [-0.1, -0.05) is 36.4 Å². The second-order valence-electron chi connectivity index (χ2n) is 7.32. The van der Waals surface area contributed by atoms with Crippen LogP contribution in [0.3, 0.4) is 0 Å². The fourth-order valence-electron chi connectivity index (χ4n) is 3.64. The summed E-state index contributed by atoms with van der Waals surface area (Å²) < 4.78 is 38.1. The van der Waals surface area contributed by atoms with Crippen molar-refractivity contribution in [1.29, 1.82) is 0 Å². The molecule has 0 aromatic heterocycles. The Kier molecular flexibility index (Phi) is 5.95. The highest BCUT2D eigenvalue weighted by atomic mass is 32.2. The van der Waals surface area contributed by atoms with E-state index in [1.807, 2.05) is 18.2 Å². The minimum Gasteiger partial charge on any atom is -0.497 e. The van der Waals surface area contributed by atoms with Crippen molar-refractivity contribution in [2.45, 2.75) is 30.7 Å². The van der Waals surface area contributed by atoms with Gasteiger partial charge in [-0.2, -0.15) is 4.31 Å². The number of benzene rings is 3. The van der Waals surface area contributed by atoms with E-state index in [4.69, 9.17) is 9.47 Å². The Morgan fingerprint density at radius 3 is 2.29 bits per heavy atom. The van der Waals surface area contributed by atoms with Crippen molar-refractivity contribution < 1.29 is 22.7 Å². The lowest BCUT2D eigenvalue weighted by molar-refractivity contribution is 0.177. The topological polar surface area (TPSA) is 72.9 Å². The lowest BCUT2D eigenvalue weighted by Gasteiger charge is -2.22. The van der Waals surface area contributed by atoms with Crippen LogP contribution < -0.4 is 9.47 Å². The molecule has 0 fully saturated rings. The minimum absolute atomic E-state index is 0.0184. The summed E-state index contributed by atoms with van der Waals surface area (Å²) in [5, 5.41) is 0. The molecule has 0 bridgehead atoms. The highest BCUT2D eigenvalue weighted by Gasteiger charge is 2.31. The number of carbonyl (C=O) groups excluding carboxylic acids is 1. The van der Waals surface area contributed by atoms with Crippen molar-refractivity contribution in [1.82, 2.24) is 4.31 Å². The van der Waals surface area contributed by atoms with Gasteiger partial charge < -0.3 is 9.47 Å². The predicted octanol–water partition coefficient (Wildman–Crippen LogP) is 4.57. The molecule has 3 aromatic rings. The molecular formula is C24H23NO5S. The van der Waals surface area contributed by atoms with Crippen molar-refractivity contribution in [2.24, 2.45) is 0 Å². The zero-order valence-electron chi connectivity index (χ0n) is 17.2. The Morgan fingerprint density at radius 2 is 1.58 bits per heavy atom. The summed E-state index contributed by atoms with van der Waals surface area (Å²) >= 11 is 0. The molecule has 0 aliphatic heterocycles. The van der Waals surface area contributed by atoms with Crippen LogP contribution in [-0.2, 0) is 29.4 Å². The third-order valence-corrected chi connectivity index (χ3v) is 7.02. The number of hydrogen-bond acceptors (Lipinski definition) is 5. The Morgan fingerprint density at radius 1 is 0.903 bits per heavy atom. The summed E-state index contributed by atoms with van der Waals surface area (Å²) in [5.41, 5.74) is 3.05. The molecule has 3 aromatic carbocycles. The van der Waals surface area contributed by atoms with E-state index < -0.39 is 16.1 Å². The molecular weight excluding hydrogens is 414 g/mol. The first-order valence-corrected chi connectivity index (χ1v) is 11.5. The van der Waals surface area contributed by atoms with E-state index in [9.17, 15) is 13.2 Å². The van der Waals surface area contributed by atoms with E-state index in [0.29, 0.717) is 17.1 Å². The Balaban J connectivity index is 1.65. The molecule has 31 heavy (non-hydrogen) atoms. The van der Waals surface area contributed by atoms with E-state index in [0.717, 1.165) is 29.1 Å². The molecule has 1 aliphatic rings. The number of hydrogen-bond donors (Lipinski definition) is 0. The number of nitrogens with zero attached hydrogens (tertiary/aromatic N) is 1. The molecule has 160 valence electrons. The maximum Gasteiger partial charge on any atom is 0.429 e. The molecule has 0 unspecified atom stereocenters. The Bertz CT molecular complexity index is 1170. The normalized spacial score (nSPS) is 12.8. The maximum atomic E-state index is 13.3. The summed E-state index contributed by atoms with van der Waals surface area (Å²) in [6.07, 6.45) is 2.06. The van der Waals surface area contributed by atoms with Crippen LogP contribution in [0.4, 0.5) is 4.79 Å². The molecule has 0 saturated carbocycles. The van der Waals surface area contributed by atoms with Crippen molar-refractivity contribution in [2.75, 3.05) is 7.11 Å². The average Bonchev–Trinajstić information content (AvgIpc) is 3.26. The quantitative estimate of drug-likeness (QED) is 0.565. The summed E-state index contributed by atoms with van der Waals surface area (Å²) in [7, 11) is -2.65. The lowest BCUT2D eigenvalue weighted by Crippen LogP contribution is -2.38. The number of sulfonamides is 1. The molecule has 6 nitrogen and oxygen atoms in total. The van der Waals surface area contributed by atoms with Gasteiger partial charge in [-0.3, -0.25) is 0 Å². The zero-order chi connectivity index (χ0) is 21.8. The van der Waals surface area contributed by atoms with Crippen molar-refractivity contribution >= 4 is 16.1 Å². The van der Waals surface area contributed by atoms with Gasteiger partial charge in [0.15, 0.2) is 0 Å². The van der Waals surface area contributed by atoms with E-state index in [1.165, 1.54) is 24.8 Å². The Hall–Kier alpha value is -3.32. The van der Waals surface area contributed by atoms with Crippen molar-refractivity contribution in [3.05, 3.63) is 89.5 Å². The van der Waals surface area contributed by atoms with Gasteiger partial charge in [-0.25, -0.2) is 13.2 Å². The average molecular weight is 438 g/mol. The Labute approximate surface area is 182 Å². The fourth-order valence-corrected chi connectivity index (χ4v) is 4.92. The smallest absolute Gasteiger partial charge is 0.429 e. The number of carbonyl (C=O) groups is 1. The van der Waals surface area contributed by atoms with E-state index in [2.05, 4.69) is 0 Å². The third-order valence-electron chi connectivity index (χ3n) is 5.30. The van der Waals surface area contributed by atoms with Gasteiger partial charge in [0.2, 0.25) is 0 Å². The van der Waals surface area contributed by atoms with Crippen LogP contribution in [0, 0.1) is 0 Å². The van der Waals surface area contributed by atoms with Crippen LogP contribution in [-0.4, -0.2) is 25.9 Å². The van der Waals surface area contributed by atoms with Crippen LogP contribution in [0.15, 0.2) is 77.7 Å². The van der Waals surface area contributed by atoms with Crippen molar-refractivity contribution in [3.63, 3.8) is 0 Å². The van der Waals surface area contributed by atoms with E-state index in [1.54, 1.807) is 42.5 Å². The van der Waals surface area contributed by atoms with Crippen LogP contribution in [0.5, 0.6) is 11.5 Å². The van der Waals surface area contributed by atoms with Gasteiger partial charge in [0.1, 0.15) is 11.5 Å². The number of methoxy groups -OCH3 is 1. The molecule has 7 heteroatoms. The van der Waals surface area contributed by atoms with Crippen LogP contribution in [0.2, 0.25) is 0 Å². The standard InChI is InChI=1S/C24H23NO5S/c1-29-21-12-14-23(15-13-21)31(27,28)25(17-18-6-3-2-4-7-18)24(26)30-22-11-10-19-8-5-9-20(19)16-22/h2-4,6-7,10-16H,5,8-9,17H2,1H3. The second kappa shape index (κ2) is 8.81. The summed E-state index contributed by atoms with van der Waals surface area (Å²) in [6, 6.07) is 20.3. The molecule has 1 aliphatic carbocycles. The number of fused-ring (bicyclic) bond motifs is 1. The van der Waals surface area contributed by atoms with Gasteiger partial charge in [0, 0.05) is 0 Å². The van der Waals surface area contributed by atoms with Gasteiger partial charge in [0.25, 0.3) is 10.0 Å². The van der Waals surface area contributed by atoms with Crippen LogP contribution in [0.1, 0.15) is 23.1 Å². The molecule has 0 spiro atoms. The first kappa shape index (κ1) is 20.9. The summed E-state index contributed by atoms with van der Waals surface area (Å²) in [4.78, 5) is 13.0. The second-order valence-corrected chi connectivity index (χ2v) is 9.19. The number of rotatable bonds is 6. The number of amides is 1. The SMILES string of the molecule is COc1ccc(S(=O)(=O)N(Cc2ccccc2)C(=O)Oc2ccc3c(c2)CCC3)cc1. The largest absolute Gasteiger partial charge is 0.497 e. The van der Waals surface area contributed by atoms with Gasteiger partial charge in [-0.15, -0.1) is 0 Å². The lowest BCUT2D eigenvalue weighted by atomic mass is 10.1. The molecule has 0 atom stereocenters. The molecule has 4 rings (SSSR count). The van der Waals surface area contributed by atoms with Gasteiger partial charge in [-0.05, 0) is 72.4 Å². The van der Waals surface area contributed by atoms with Gasteiger partial charge >= 0.3 is 6.09 Å². The zero-order valence-corrected chi connectivity index (χ0v) is 18.0. The summed E-state index contributed by atoms with van der Waals surface area (Å²) in [6.45, 7) is -0.140. The third kappa shape index (κ3) is 4.56. The molecule has 0 radical (unpaired) electrons. The highest BCUT2D eigenvalue weighted by Crippen LogP contribution is 2.28. The fraction of sp³-hybridized carbons (Fsp3) is 0.208. The predicted molar refractivity (Wildman–Crippen MR) is 117 cm³/mol. The van der Waals surface area contributed by atoms with E-state index in [-0.39, 0.29) is 11.4 Å². The number of ether oxygens (including phenoxy) is 2. The molecule has 0 saturated heterocycles. The highest BCUT2D eigenvalue weighted by molar-refractivity contribution is 7.89. The first-order chi connectivity index (χ1) is 15.0. The molecule has 0 heterocycles. The monoisotopic (exact) mass is 437 g/mol.